The van der Waals surface area contributed by atoms with Crippen molar-refractivity contribution in [1.29, 1.82) is 0 Å². The molecule has 1 aliphatic rings. The van der Waals surface area contributed by atoms with Crippen molar-refractivity contribution < 1.29 is 4.43 Å². The molecule has 1 atom stereocenters. The molecular formula is C27H56OSi. The Balaban J connectivity index is 2.13. The van der Waals surface area contributed by atoms with E-state index in [9.17, 15) is 0 Å². The maximum Gasteiger partial charge on any atom is 0.188 e. The van der Waals surface area contributed by atoms with Crippen molar-refractivity contribution in [3.8, 4) is 0 Å². The second-order valence-corrected chi connectivity index (χ2v) is 16.2. The van der Waals surface area contributed by atoms with E-state index in [2.05, 4.69) is 54.6 Å². The fourth-order valence-corrected chi connectivity index (χ4v) is 10.1. The summed E-state index contributed by atoms with van der Waals surface area (Å²) < 4.78 is 6.63. The van der Waals surface area contributed by atoms with Crippen LogP contribution in [0.3, 0.4) is 0 Å². The molecule has 0 spiro atoms. The van der Waals surface area contributed by atoms with Crippen molar-refractivity contribution >= 4 is 8.32 Å². The maximum absolute atomic E-state index is 6.63. The zero-order valence-electron chi connectivity index (χ0n) is 21.7. The minimum atomic E-state index is -1.56. The Morgan fingerprint density at radius 3 is 1.41 bits per heavy atom. The van der Waals surface area contributed by atoms with E-state index in [1.165, 1.54) is 102 Å². The molecule has 2 heteroatoms. The zero-order chi connectivity index (χ0) is 22.0. The van der Waals surface area contributed by atoms with Gasteiger partial charge in [0.1, 0.15) is 0 Å². The molecule has 0 N–H and O–H groups in total. The maximum atomic E-state index is 6.63. The first-order valence-corrected chi connectivity index (χ1v) is 16.3. The van der Waals surface area contributed by atoms with E-state index < -0.39 is 8.32 Å². The average Bonchev–Trinajstić information content (AvgIpc) is 2.59. The van der Waals surface area contributed by atoms with E-state index in [1.807, 2.05) is 0 Å². The summed E-state index contributed by atoms with van der Waals surface area (Å²) in [6, 6.07) is 1.31. The Morgan fingerprint density at radius 2 is 1.00 bits per heavy atom. The lowest BCUT2D eigenvalue weighted by atomic mass is 9.58. The Bertz CT molecular complexity index is 440. The van der Waals surface area contributed by atoms with E-state index in [1.54, 1.807) is 0 Å². The molecule has 1 unspecified atom stereocenters. The van der Waals surface area contributed by atoms with Crippen molar-refractivity contribution in [3.05, 3.63) is 0 Å². The van der Waals surface area contributed by atoms with Crippen LogP contribution in [0.5, 0.6) is 0 Å². The Hall–Kier alpha value is 0.177. The SMILES string of the molecule is CCCCCCCCCCCCCCCCC1(C)C[Si](C)(C)OC(C)(C)C1(C)C. The van der Waals surface area contributed by atoms with Gasteiger partial charge in [-0.15, -0.1) is 0 Å². The number of rotatable bonds is 15. The first kappa shape index (κ1) is 27.2. The molecule has 1 heterocycles. The molecule has 174 valence electrons. The zero-order valence-corrected chi connectivity index (χ0v) is 22.7. The van der Waals surface area contributed by atoms with Crippen molar-refractivity contribution in [3.63, 3.8) is 0 Å². The second kappa shape index (κ2) is 12.3. The highest BCUT2D eigenvalue weighted by atomic mass is 28.4. The van der Waals surface area contributed by atoms with Gasteiger partial charge in [0.25, 0.3) is 0 Å². The summed E-state index contributed by atoms with van der Waals surface area (Å²) in [5.41, 5.74) is 0.645. The minimum Gasteiger partial charge on any atom is -0.412 e. The molecule has 1 rings (SSSR count). The van der Waals surface area contributed by atoms with Gasteiger partial charge in [-0.2, -0.15) is 0 Å². The lowest BCUT2D eigenvalue weighted by molar-refractivity contribution is -0.118. The van der Waals surface area contributed by atoms with Crippen LogP contribution in [0.25, 0.3) is 0 Å². The molecule has 1 saturated heterocycles. The summed E-state index contributed by atoms with van der Waals surface area (Å²) in [5.74, 6) is 0. The van der Waals surface area contributed by atoms with Gasteiger partial charge in [-0.3, -0.25) is 0 Å². The van der Waals surface area contributed by atoms with Crippen LogP contribution >= 0.6 is 0 Å². The predicted octanol–water partition coefficient (Wildman–Crippen LogP) is 9.90. The Morgan fingerprint density at radius 1 is 0.621 bits per heavy atom. The van der Waals surface area contributed by atoms with Crippen LogP contribution in [0, 0.1) is 10.8 Å². The molecular weight excluding hydrogens is 368 g/mol. The summed E-state index contributed by atoms with van der Waals surface area (Å²) in [6.45, 7) is 19.3. The van der Waals surface area contributed by atoms with Gasteiger partial charge in [0, 0.05) is 0 Å². The van der Waals surface area contributed by atoms with Gasteiger partial charge in [-0.1, -0.05) is 118 Å². The van der Waals surface area contributed by atoms with E-state index >= 15 is 0 Å². The van der Waals surface area contributed by atoms with Crippen molar-refractivity contribution in [1.82, 2.24) is 0 Å². The molecule has 29 heavy (non-hydrogen) atoms. The molecule has 1 fully saturated rings. The van der Waals surface area contributed by atoms with Crippen LogP contribution < -0.4 is 0 Å². The van der Waals surface area contributed by atoms with Crippen LogP contribution in [0.15, 0.2) is 0 Å². The topological polar surface area (TPSA) is 9.23 Å². The molecule has 1 nitrogen and oxygen atoms in total. The molecule has 0 saturated carbocycles. The molecule has 0 radical (unpaired) electrons. The van der Waals surface area contributed by atoms with Crippen LogP contribution in [-0.4, -0.2) is 13.9 Å². The summed E-state index contributed by atoms with van der Waals surface area (Å²) >= 11 is 0. The molecule has 0 amide bonds. The van der Waals surface area contributed by atoms with Gasteiger partial charge in [0.15, 0.2) is 8.32 Å². The first-order chi connectivity index (χ1) is 13.5. The number of hydrogen-bond acceptors (Lipinski definition) is 1. The van der Waals surface area contributed by atoms with Gasteiger partial charge < -0.3 is 4.43 Å². The Labute approximate surface area is 186 Å². The van der Waals surface area contributed by atoms with Crippen molar-refractivity contribution in [2.45, 2.75) is 163 Å². The lowest BCUT2D eigenvalue weighted by Gasteiger charge is -2.61. The molecule has 0 bridgehead atoms. The summed E-state index contributed by atoms with van der Waals surface area (Å²) in [5, 5.41) is 0. The summed E-state index contributed by atoms with van der Waals surface area (Å²) in [7, 11) is -1.56. The summed E-state index contributed by atoms with van der Waals surface area (Å²) in [4.78, 5) is 0. The minimum absolute atomic E-state index is 0.00821. The Kier molecular flexibility index (Phi) is 11.5. The third-order valence-corrected chi connectivity index (χ3v) is 11.1. The molecule has 0 aromatic rings. The van der Waals surface area contributed by atoms with Crippen LogP contribution in [-0.2, 0) is 4.43 Å². The normalized spacial score (nSPS) is 25.2. The van der Waals surface area contributed by atoms with Crippen molar-refractivity contribution in [2.24, 2.45) is 10.8 Å². The van der Waals surface area contributed by atoms with Gasteiger partial charge in [-0.05, 0) is 50.2 Å². The molecule has 0 aliphatic carbocycles. The van der Waals surface area contributed by atoms with Gasteiger partial charge in [0.05, 0.1) is 5.60 Å². The van der Waals surface area contributed by atoms with Gasteiger partial charge in [0.2, 0.25) is 0 Å². The predicted molar refractivity (Wildman–Crippen MR) is 134 cm³/mol. The van der Waals surface area contributed by atoms with E-state index in [4.69, 9.17) is 4.43 Å². The fraction of sp³-hybridized carbons (Fsp3) is 1.00. The summed E-state index contributed by atoms with van der Waals surface area (Å²) in [6.07, 6.45) is 21.6. The highest BCUT2D eigenvalue weighted by Gasteiger charge is 2.58. The third kappa shape index (κ3) is 8.68. The fourth-order valence-electron chi connectivity index (χ4n) is 5.85. The highest BCUT2D eigenvalue weighted by molar-refractivity contribution is 6.71. The largest absolute Gasteiger partial charge is 0.412 e. The monoisotopic (exact) mass is 424 g/mol. The van der Waals surface area contributed by atoms with Gasteiger partial charge in [-0.25, -0.2) is 0 Å². The third-order valence-electron chi connectivity index (χ3n) is 8.44. The van der Waals surface area contributed by atoms with Crippen LogP contribution in [0.4, 0.5) is 0 Å². The van der Waals surface area contributed by atoms with Crippen LogP contribution in [0.1, 0.15) is 138 Å². The highest BCUT2D eigenvalue weighted by Crippen LogP contribution is 2.59. The second-order valence-electron chi connectivity index (χ2n) is 12.1. The van der Waals surface area contributed by atoms with Crippen LogP contribution in [0.2, 0.25) is 19.1 Å². The number of hydrogen-bond donors (Lipinski definition) is 0. The van der Waals surface area contributed by atoms with E-state index in [0.29, 0.717) is 5.41 Å². The van der Waals surface area contributed by atoms with Crippen molar-refractivity contribution in [2.75, 3.05) is 0 Å². The smallest absolute Gasteiger partial charge is 0.188 e. The lowest BCUT2D eigenvalue weighted by Crippen LogP contribution is -2.63. The molecule has 1 aliphatic heterocycles. The first-order valence-electron chi connectivity index (χ1n) is 13.2. The van der Waals surface area contributed by atoms with Gasteiger partial charge >= 0.3 is 0 Å². The number of unbranched alkanes of at least 4 members (excludes halogenated alkanes) is 13. The molecule has 0 aromatic carbocycles. The quantitative estimate of drug-likeness (QED) is 0.188. The van der Waals surface area contributed by atoms with E-state index in [-0.39, 0.29) is 11.0 Å². The molecule has 0 aromatic heterocycles. The average molecular weight is 425 g/mol. The van der Waals surface area contributed by atoms with E-state index in [0.717, 1.165) is 0 Å². The standard InChI is InChI=1S/C27H56OSi/c1-9-10-11-12-13-14-15-16-17-18-19-20-21-22-23-27(6)24-29(7,8)28-26(4,5)25(27,2)3/h9-24H2,1-8H3.